The van der Waals surface area contributed by atoms with Gasteiger partial charge in [0.2, 0.25) is 0 Å². The van der Waals surface area contributed by atoms with Gasteiger partial charge in [-0.2, -0.15) is 15.0 Å². The van der Waals surface area contributed by atoms with Gasteiger partial charge >= 0.3 is 6.03 Å². The number of aromatic nitrogens is 3. The molecule has 1 aromatic heterocycles. The van der Waals surface area contributed by atoms with Gasteiger partial charge < -0.3 is 20.7 Å². The van der Waals surface area contributed by atoms with Gasteiger partial charge in [-0.25, -0.2) is 9.18 Å². The largest absolute Gasteiger partial charge is 0.481 e. The van der Waals surface area contributed by atoms with Crippen molar-refractivity contribution < 1.29 is 18.7 Å². The zero-order valence-electron chi connectivity index (χ0n) is 13.1. The van der Waals surface area contributed by atoms with Gasteiger partial charge in [0.1, 0.15) is 11.6 Å². The molecule has 0 radical (unpaired) electrons. The van der Waals surface area contributed by atoms with Crippen molar-refractivity contribution in [3.05, 3.63) is 30.3 Å². The van der Waals surface area contributed by atoms with E-state index in [0.29, 0.717) is 12.3 Å². The minimum absolute atomic E-state index is 0.0329. The average molecular weight is 346 g/mol. The molecule has 1 fully saturated rings. The summed E-state index contributed by atoms with van der Waals surface area (Å²) in [6.45, 7) is 0.191. The minimum atomic E-state index is -0.672. The Kier molecular flexibility index (Phi) is 3.52. The van der Waals surface area contributed by atoms with Gasteiger partial charge in [-0.1, -0.05) is 0 Å². The molecule has 1 saturated carbocycles. The smallest absolute Gasteiger partial charge is 0.319 e. The van der Waals surface area contributed by atoms with Crippen LogP contribution in [-0.2, 0) is 10.3 Å². The van der Waals surface area contributed by atoms with Gasteiger partial charge in [-0.3, -0.25) is 4.79 Å². The summed E-state index contributed by atoms with van der Waals surface area (Å²) < 4.78 is 19.3. The summed E-state index contributed by atoms with van der Waals surface area (Å²) in [6.07, 6.45) is 4.90. The number of hydrogen-bond donors (Lipinski definition) is 3. The van der Waals surface area contributed by atoms with E-state index in [2.05, 4.69) is 26.1 Å². The van der Waals surface area contributed by atoms with Crippen LogP contribution in [0.4, 0.5) is 20.6 Å². The number of rotatable bonds is 4. The van der Waals surface area contributed by atoms with E-state index in [1.54, 1.807) is 17.2 Å². The fraction of sp³-hybridized carbons (Fsp3) is 0.333. The molecule has 2 aromatic rings. The van der Waals surface area contributed by atoms with Crippen LogP contribution in [0.3, 0.4) is 0 Å². The second-order valence-corrected chi connectivity index (χ2v) is 6.02. The second kappa shape index (κ2) is 5.72. The predicted octanol–water partition coefficient (Wildman–Crippen LogP) is 1.06. The Morgan fingerprint density at radius 1 is 1.36 bits per heavy atom. The van der Waals surface area contributed by atoms with Crippen molar-refractivity contribution in [2.45, 2.75) is 18.4 Å². The lowest BCUT2D eigenvalue weighted by atomic mass is 10.2. The summed E-state index contributed by atoms with van der Waals surface area (Å²) in [7, 11) is 0. The fourth-order valence-electron chi connectivity index (χ4n) is 2.66. The maximum Gasteiger partial charge on any atom is 0.319 e. The van der Waals surface area contributed by atoms with Crippen molar-refractivity contribution in [1.29, 1.82) is 0 Å². The van der Waals surface area contributed by atoms with Crippen LogP contribution in [0.15, 0.2) is 24.5 Å². The molecule has 1 aliphatic carbocycles. The van der Waals surface area contributed by atoms with Crippen molar-refractivity contribution in [2.24, 2.45) is 0 Å². The van der Waals surface area contributed by atoms with Crippen LogP contribution in [0.1, 0.15) is 12.8 Å². The van der Waals surface area contributed by atoms with Crippen LogP contribution < -0.4 is 20.7 Å². The summed E-state index contributed by atoms with van der Waals surface area (Å²) in [5.74, 6) is -0.724. The molecule has 0 saturated heterocycles. The molecular formula is C15H15FN6O3. The van der Waals surface area contributed by atoms with Crippen LogP contribution in [-0.4, -0.2) is 40.1 Å². The van der Waals surface area contributed by atoms with E-state index in [9.17, 15) is 14.0 Å². The van der Waals surface area contributed by atoms with Gasteiger partial charge in [0.25, 0.3) is 5.91 Å². The molecular weight excluding hydrogens is 331 g/mol. The maximum absolute atomic E-state index is 14.1. The summed E-state index contributed by atoms with van der Waals surface area (Å²) in [4.78, 5) is 24.9. The third-order valence-electron chi connectivity index (χ3n) is 4.20. The molecule has 0 spiro atoms. The zero-order valence-corrected chi connectivity index (χ0v) is 13.1. The number of halogens is 1. The molecule has 0 atom stereocenters. The molecule has 0 unspecified atom stereocenters. The number of ether oxygens (including phenoxy) is 1. The van der Waals surface area contributed by atoms with Crippen molar-refractivity contribution in [2.75, 3.05) is 23.8 Å². The number of amides is 3. The number of carbonyl (C=O) groups is 2. The minimum Gasteiger partial charge on any atom is -0.481 e. The molecule has 2 aliphatic rings. The number of anilines is 2. The lowest BCUT2D eigenvalue weighted by molar-refractivity contribution is -0.118. The number of urea groups is 1. The quantitative estimate of drug-likeness (QED) is 0.767. The Hall–Kier alpha value is -3.17. The summed E-state index contributed by atoms with van der Waals surface area (Å²) in [5.41, 5.74) is -0.0984. The molecule has 10 heteroatoms. The van der Waals surface area contributed by atoms with Gasteiger partial charge in [0.05, 0.1) is 29.3 Å². The molecule has 25 heavy (non-hydrogen) atoms. The number of nitrogens with zero attached hydrogens (tertiary/aromatic N) is 3. The first kappa shape index (κ1) is 15.4. The van der Waals surface area contributed by atoms with Gasteiger partial charge in [0.15, 0.2) is 6.61 Å². The third-order valence-corrected chi connectivity index (χ3v) is 4.20. The first-order valence-corrected chi connectivity index (χ1v) is 7.74. The van der Waals surface area contributed by atoms with E-state index in [1.807, 2.05) is 0 Å². The standard InChI is InChI=1S/C15H15FN6O3/c16-9-5-11-12(25-7-13(23)20-11)6-10(9)21-14(24)17-8-15(1-2-15)22-18-3-4-19-22/h3-6H,1-2,7-8H2,(H,20,23)(H2,17,21,24). The van der Waals surface area contributed by atoms with E-state index in [0.717, 1.165) is 18.9 Å². The molecule has 1 aliphatic heterocycles. The Labute approximate surface area is 141 Å². The SMILES string of the molecule is O=C1COc2cc(NC(=O)NCC3(n4nccn4)CC3)c(F)cc2N1. The van der Waals surface area contributed by atoms with Gasteiger partial charge in [0, 0.05) is 18.7 Å². The normalized spacial score (nSPS) is 17.1. The second-order valence-electron chi connectivity index (χ2n) is 6.02. The highest BCUT2D eigenvalue weighted by molar-refractivity contribution is 5.96. The fourth-order valence-corrected chi connectivity index (χ4v) is 2.66. The third kappa shape index (κ3) is 2.97. The summed E-state index contributed by atoms with van der Waals surface area (Å²) in [6, 6.07) is 1.90. The van der Waals surface area contributed by atoms with E-state index < -0.39 is 11.8 Å². The van der Waals surface area contributed by atoms with Crippen LogP contribution in [0.5, 0.6) is 5.75 Å². The lowest BCUT2D eigenvalue weighted by Crippen LogP contribution is -2.39. The molecule has 0 bridgehead atoms. The van der Waals surface area contributed by atoms with Crippen molar-refractivity contribution in [1.82, 2.24) is 20.3 Å². The Morgan fingerprint density at radius 3 is 2.84 bits per heavy atom. The molecule has 130 valence electrons. The van der Waals surface area contributed by atoms with E-state index in [-0.39, 0.29) is 29.4 Å². The van der Waals surface area contributed by atoms with Gasteiger partial charge in [-0.05, 0) is 12.8 Å². The first-order chi connectivity index (χ1) is 12.1. The molecule has 2 heterocycles. The predicted molar refractivity (Wildman–Crippen MR) is 84.8 cm³/mol. The Morgan fingerprint density at radius 2 is 2.12 bits per heavy atom. The molecule has 3 N–H and O–H groups in total. The van der Waals surface area contributed by atoms with E-state index in [4.69, 9.17) is 4.74 Å². The van der Waals surface area contributed by atoms with Crippen LogP contribution in [0, 0.1) is 5.82 Å². The number of hydrogen-bond acceptors (Lipinski definition) is 5. The molecule has 3 amide bonds. The highest BCUT2D eigenvalue weighted by Crippen LogP contribution is 2.41. The number of benzene rings is 1. The van der Waals surface area contributed by atoms with Crippen LogP contribution in [0.2, 0.25) is 0 Å². The maximum atomic E-state index is 14.1. The number of fused-ring (bicyclic) bond motifs is 1. The Balaban J connectivity index is 1.41. The number of nitrogens with one attached hydrogen (secondary N) is 3. The van der Waals surface area contributed by atoms with Crippen molar-refractivity contribution >= 4 is 23.3 Å². The van der Waals surface area contributed by atoms with Crippen molar-refractivity contribution in [3.8, 4) is 5.75 Å². The molecule has 1 aromatic carbocycles. The monoisotopic (exact) mass is 346 g/mol. The lowest BCUT2D eigenvalue weighted by Gasteiger charge is -2.20. The van der Waals surface area contributed by atoms with E-state index >= 15 is 0 Å². The topological polar surface area (TPSA) is 110 Å². The van der Waals surface area contributed by atoms with E-state index in [1.165, 1.54) is 6.07 Å². The first-order valence-electron chi connectivity index (χ1n) is 7.74. The highest BCUT2D eigenvalue weighted by atomic mass is 19.1. The van der Waals surface area contributed by atoms with Crippen molar-refractivity contribution in [3.63, 3.8) is 0 Å². The summed E-state index contributed by atoms with van der Waals surface area (Å²) in [5, 5.41) is 15.9. The summed E-state index contributed by atoms with van der Waals surface area (Å²) >= 11 is 0. The van der Waals surface area contributed by atoms with Gasteiger partial charge in [-0.15, -0.1) is 0 Å². The van der Waals surface area contributed by atoms with Crippen LogP contribution in [0.25, 0.3) is 0 Å². The highest BCUT2D eigenvalue weighted by Gasteiger charge is 2.46. The Bertz CT molecular complexity index is 834. The van der Waals surface area contributed by atoms with Crippen LogP contribution >= 0.6 is 0 Å². The molecule has 9 nitrogen and oxygen atoms in total. The molecule has 4 rings (SSSR count). The zero-order chi connectivity index (χ0) is 17.4. The average Bonchev–Trinajstić information content (AvgIpc) is 3.17. The number of carbonyl (C=O) groups excluding carboxylic acids is 2.